The number of thiocarbonyl (C=S) groups is 1. The lowest BCUT2D eigenvalue weighted by Gasteiger charge is -2.09. The number of esters is 1. The van der Waals surface area contributed by atoms with Crippen LogP contribution < -0.4 is 10.6 Å². The van der Waals surface area contributed by atoms with Crippen LogP contribution in [0.2, 0.25) is 0 Å². The third-order valence-corrected chi connectivity index (χ3v) is 4.39. The van der Waals surface area contributed by atoms with Crippen molar-refractivity contribution in [2.75, 3.05) is 11.9 Å². The number of amides is 1. The minimum Gasteiger partial charge on any atom is -0.466 e. The molecule has 2 N–H and O–H groups in total. The average molecular weight is 408 g/mol. The molecule has 1 aromatic carbocycles. The second-order valence-electron chi connectivity index (χ2n) is 5.24. The SMILES string of the molecule is CCOC(=O)Cc1csc(NC(=S)NC(=O)c2cccc([N+](=O)[O-])c2C)n1. The second-order valence-corrected chi connectivity index (χ2v) is 6.51. The standard InChI is InChI=1S/C16H16N4O5S2/c1-3-25-13(21)7-10-8-27-16(17-10)19-15(26)18-14(22)11-5-4-6-12(9(11)2)20(23)24/h4-6,8H,3,7H2,1-2H3,(H2,17,18,19,22,26). The van der Waals surface area contributed by atoms with Crippen molar-refractivity contribution >= 4 is 51.4 Å². The van der Waals surface area contributed by atoms with Crippen molar-refractivity contribution in [3.63, 3.8) is 0 Å². The summed E-state index contributed by atoms with van der Waals surface area (Å²) in [5.74, 6) is -0.955. The van der Waals surface area contributed by atoms with Crippen LogP contribution in [0.4, 0.5) is 10.8 Å². The van der Waals surface area contributed by atoms with E-state index in [1.54, 1.807) is 12.3 Å². The zero-order valence-corrected chi connectivity index (χ0v) is 16.1. The number of aromatic nitrogens is 1. The van der Waals surface area contributed by atoms with Crippen molar-refractivity contribution in [2.24, 2.45) is 0 Å². The van der Waals surface area contributed by atoms with Gasteiger partial charge in [0, 0.05) is 22.6 Å². The molecule has 0 bridgehead atoms. The van der Waals surface area contributed by atoms with Crippen LogP contribution in [0.1, 0.15) is 28.5 Å². The van der Waals surface area contributed by atoms with Crippen LogP contribution in [-0.4, -0.2) is 33.5 Å². The van der Waals surface area contributed by atoms with E-state index in [-0.39, 0.29) is 34.3 Å². The van der Waals surface area contributed by atoms with E-state index in [1.165, 1.54) is 36.5 Å². The molecule has 0 aliphatic rings. The number of ether oxygens (including phenoxy) is 1. The maximum Gasteiger partial charge on any atom is 0.311 e. The van der Waals surface area contributed by atoms with Gasteiger partial charge in [0.1, 0.15) is 0 Å². The summed E-state index contributed by atoms with van der Waals surface area (Å²) in [5, 5.41) is 18.2. The first-order chi connectivity index (χ1) is 12.8. The molecule has 0 saturated carbocycles. The number of thiazole rings is 1. The molecule has 2 aromatic rings. The summed E-state index contributed by atoms with van der Waals surface area (Å²) in [6.45, 7) is 3.50. The number of benzene rings is 1. The number of anilines is 1. The van der Waals surface area contributed by atoms with Crippen LogP contribution in [0, 0.1) is 17.0 Å². The normalized spacial score (nSPS) is 10.1. The zero-order valence-electron chi connectivity index (χ0n) is 14.5. The van der Waals surface area contributed by atoms with Crippen LogP contribution in [0.3, 0.4) is 0 Å². The fraction of sp³-hybridized carbons (Fsp3) is 0.250. The number of carbonyl (C=O) groups excluding carboxylic acids is 2. The first-order valence-electron chi connectivity index (χ1n) is 7.78. The van der Waals surface area contributed by atoms with E-state index in [0.717, 1.165) is 0 Å². The van der Waals surface area contributed by atoms with Gasteiger partial charge >= 0.3 is 5.97 Å². The Hall–Kier alpha value is -2.92. The Morgan fingerprint density at radius 2 is 2.15 bits per heavy atom. The summed E-state index contributed by atoms with van der Waals surface area (Å²) in [7, 11) is 0. The van der Waals surface area contributed by atoms with Crippen LogP contribution in [0.25, 0.3) is 0 Å². The van der Waals surface area contributed by atoms with Gasteiger partial charge < -0.3 is 10.1 Å². The lowest BCUT2D eigenvalue weighted by atomic mass is 10.1. The third-order valence-electron chi connectivity index (χ3n) is 3.38. The van der Waals surface area contributed by atoms with Crippen LogP contribution >= 0.6 is 23.6 Å². The molecule has 0 atom stereocenters. The monoisotopic (exact) mass is 408 g/mol. The highest BCUT2D eigenvalue weighted by Gasteiger charge is 2.19. The number of rotatable bonds is 6. The van der Waals surface area contributed by atoms with Gasteiger partial charge in [0.15, 0.2) is 10.2 Å². The van der Waals surface area contributed by atoms with E-state index < -0.39 is 10.8 Å². The molecule has 0 radical (unpaired) electrons. The average Bonchev–Trinajstić information content (AvgIpc) is 3.01. The van der Waals surface area contributed by atoms with Crippen molar-refractivity contribution < 1.29 is 19.2 Å². The smallest absolute Gasteiger partial charge is 0.311 e. The van der Waals surface area contributed by atoms with Gasteiger partial charge in [-0.2, -0.15) is 0 Å². The molecule has 0 unspecified atom stereocenters. The Balaban J connectivity index is 1.99. The van der Waals surface area contributed by atoms with Gasteiger partial charge in [0.25, 0.3) is 11.6 Å². The molecule has 11 heteroatoms. The molecule has 1 aromatic heterocycles. The maximum atomic E-state index is 12.3. The van der Waals surface area contributed by atoms with E-state index in [4.69, 9.17) is 17.0 Å². The van der Waals surface area contributed by atoms with Gasteiger partial charge in [0.05, 0.1) is 23.6 Å². The number of hydrogen-bond acceptors (Lipinski definition) is 8. The molecule has 1 heterocycles. The van der Waals surface area contributed by atoms with Gasteiger partial charge in [0.2, 0.25) is 0 Å². The van der Waals surface area contributed by atoms with E-state index in [2.05, 4.69) is 15.6 Å². The van der Waals surface area contributed by atoms with E-state index in [0.29, 0.717) is 17.4 Å². The van der Waals surface area contributed by atoms with Gasteiger partial charge in [-0.15, -0.1) is 11.3 Å². The number of nitro benzene ring substituents is 1. The fourth-order valence-corrected chi connectivity index (χ4v) is 3.14. The third kappa shape index (κ3) is 5.53. The largest absolute Gasteiger partial charge is 0.466 e. The predicted molar refractivity (Wildman–Crippen MR) is 104 cm³/mol. The van der Waals surface area contributed by atoms with Crippen molar-refractivity contribution in [1.82, 2.24) is 10.3 Å². The van der Waals surface area contributed by atoms with Crippen molar-refractivity contribution in [3.8, 4) is 0 Å². The molecule has 0 fully saturated rings. The molecule has 2 rings (SSSR count). The van der Waals surface area contributed by atoms with Crippen molar-refractivity contribution in [1.29, 1.82) is 0 Å². The lowest BCUT2D eigenvalue weighted by molar-refractivity contribution is -0.385. The van der Waals surface area contributed by atoms with Crippen LogP contribution in [-0.2, 0) is 16.0 Å². The van der Waals surface area contributed by atoms with Crippen molar-refractivity contribution in [3.05, 3.63) is 50.5 Å². The van der Waals surface area contributed by atoms with Gasteiger partial charge in [-0.1, -0.05) is 6.07 Å². The predicted octanol–water partition coefficient (Wildman–Crippen LogP) is 2.59. The fourth-order valence-electron chi connectivity index (χ4n) is 2.17. The minimum atomic E-state index is -0.572. The molecule has 27 heavy (non-hydrogen) atoms. The summed E-state index contributed by atoms with van der Waals surface area (Å²) in [6, 6.07) is 4.23. The summed E-state index contributed by atoms with van der Waals surface area (Å²) < 4.78 is 4.85. The molecule has 0 spiro atoms. The summed E-state index contributed by atoms with van der Waals surface area (Å²) in [5.41, 5.74) is 0.763. The topological polar surface area (TPSA) is 123 Å². The van der Waals surface area contributed by atoms with Crippen LogP contribution in [0.5, 0.6) is 0 Å². The molecular weight excluding hydrogens is 392 g/mol. The summed E-state index contributed by atoms with van der Waals surface area (Å²) in [6.07, 6.45) is 0.0397. The molecule has 0 saturated heterocycles. The molecule has 9 nitrogen and oxygen atoms in total. The maximum absolute atomic E-state index is 12.3. The Morgan fingerprint density at radius 1 is 1.41 bits per heavy atom. The molecule has 142 valence electrons. The number of hydrogen-bond donors (Lipinski definition) is 2. The van der Waals surface area contributed by atoms with Crippen molar-refractivity contribution in [2.45, 2.75) is 20.3 Å². The zero-order chi connectivity index (χ0) is 20.0. The molecule has 0 aliphatic carbocycles. The highest BCUT2D eigenvalue weighted by molar-refractivity contribution is 7.80. The highest BCUT2D eigenvalue weighted by Crippen LogP contribution is 2.21. The lowest BCUT2D eigenvalue weighted by Crippen LogP contribution is -2.34. The Kier molecular flexibility index (Phi) is 6.91. The molecular formula is C16H16N4O5S2. The quantitative estimate of drug-likeness (QED) is 0.324. The van der Waals surface area contributed by atoms with Gasteiger partial charge in [-0.25, -0.2) is 4.98 Å². The first-order valence-corrected chi connectivity index (χ1v) is 9.07. The number of nitro groups is 1. The number of carbonyl (C=O) groups is 2. The first kappa shape index (κ1) is 20.4. The van der Waals surface area contributed by atoms with E-state index >= 15 is 0 Å². The Morgan fingerprint density at radius 3 is 2.81 bits per heavy atom. The summed E-state index contributed by atoms with van der Waals surface area (Å²) >= 11 is 6.29. The van der Waals surface area contributed by atoms with Gasteiger partial charge in [-0.3, -0.25) is 25.0 Å². The van der Waals surface area contributed by atoms with E-state index in [9.17, 15) is 19.7 Å². The highest BCUT2D eigenvalue weighted by atomic mass is 32.1. The number of nitrogens with zero attached hydrogens (tertiary/aromatic N) is 2. The Bertz CT molecular complexity index is 897. The van der Waals surface area contributed by atoms with Gasteiger partial charge in [-0.05, 0) is 32.1 Å². The molecule has 1 amide bonds. The number of nitrogens with one attached hydrogen (secondary N) is 2. The second kappa shape index (κ2) is 9.14. The Labute approximate surface area is 163 Å². The molecule has 0 aliphatic heterocycles. The summed E-state index contributed by atoms with van der Waals surface area (Å²) in [4.78, 5) is 38.4. The van der Waals surface area contributed by atoms with E-state index in [1.807, 2.05) is 0 Å². The van der Waals surface area contributed by atoms with Crippen LogP contribution in [0.15, 0.2) is 23.6 Å². The minimum absolute atomic E-state index is 0.0112.